The van der Waals surface area contributed by atoms with Crippen LogP contribution in [0.3, 0.4) is 0 Å². The van der Waals surface area contributed by atoms with Crippen molar-refractivity contribution in [2.45, 2.75) is 12.8 Å². The molecular formula is C19H18N4. The average Bonchev–Trinajstić information content (AvgIpc) is 3.46. The van der Waals surface area contributed by atoms with Gasteiger partial charge >= 0.3 is 0 Å². The van der Waals surface area contributed by atoms with Gasteiger partial charge in [-0.25, -0.2) is 0 Å². The summed E-state index contributed by atoms with van der Waals surface area (Å²) in [6.45, 7) is 0.970. The van der Waals surface area contributed by atoms with Crippen LogP contribution < -0.4 is 5.32 Å². The van der Waals surface area contributed by atoms with Gasteiger partial charge < -0.3 is 5.32 Å². The summed E-state index contributed by atoms with van der Waals surface area (Å²) >= 11 is 0. The molecule has 4 rings (SSSR count). The van der Waals surface area contributed by atoms with Gasteiger partial charge in [-0.15, -0.1) is 10.2 Å². The lowest BCUT2D eigenvalue weighted by Crippen LogP contribution is -2.07. The number of nitrogens with one attached hydrogen (secondary N) is 1. The van der Waals surface area contributed by atoms with Crippen molar-refractivity contribution in [1.29, 1.82) is 0 Å². The van der Waals surface area contributed by atoms with Gasteiger partial charge in [-0.05, 0) is 42.5 Å². The standard InChI is InChI=1S/C19H18N4/c1-2-4-16(5-3-1)18-12-17(15-8-10-20-11-9-15)19(23-22-18)21-13-14-6-7-14/h1-5,8-12,14H,6-7,13H2,(H,21,23). The van der Waals surface area contributed by atoms with Crippen LogP contribution in [0.1, 0.15) is 12.8 Å². The molecule has 1 aliphatic rings. The molecular weight excluding hydrogens is 284 g/mol. The van der Waals surface area contributed by atoms with E-state index >= 15 is 0 Å². The summed E-state index contributed by atoms with van der Waals surface area (Å²) in [7, 11) is 0. The maximum atomic E-state index is 4.45. The molecule has 4 nitrogen and oxygen atoms in total. The molecule has 1 N–H and O–H groups in total. The predicted octanol–water partition coefficient (Wildman–Crippen LogP) is 4.03. The second-order valence-electron chi connectivity index (χ2n) is 5.92. The molecule has 1 fully saturated rings. The molecule has 2 heterocycles. The maximum Gasteiger partial charge on any atom is 0.156 e. The number of benzene rings is 1. The van der Waals surface area contributed by atoms with E-state index in [0.717, 1.165) is 40.7 Å². The molecule has 3 aromatic rings. The Balaban J connectivity index is 1.74. The monoisotopic (exact) mass is 302 g/mol. The van der Waals surface area contributed by atoms with Crippen molar-refractivity contribution in [3.8, 4) is 22.4 Å². The Morgan fingerprint density at radius 3 is 2.43 bits per heavy atom. The first kappa shape index (κ1) is 13.9. The quantitative estimate of drug-likeness (QED) is 0.773. The fraction of sp³-hybridized carbons (Fsp3) is 0.211. The van der Waals surface area contributed by atoms with E-state index in [1.165, 1.54) is 12.8 Å². The summed E-state index contributed by atoms with van der Waals surface area (Å²) in [6.07, 6.45) is 6.24. The second-order valence-corrected chi connectivity index (χ2v) is 5.92. The minimum absolute atomic E-state index is 0.788. The number of nitrogens with zero attached hydrogens (tertiary/aromatic N) is 3. The van der Waals surface area contributed by atoms with Crippen molar-refractivity contribution in [1.82, 2.24) is 15.2 Å². The first-order chi connectivity index (χ1) is 11.4. The van der Waals surface area contributed by atoms with Crippen LogP contribution in [0.15, 0.2) is 60.9 Å². The van der Waals surface area contributed by atoms with Crippen molar-refractivity contribution in [2.75, 3.05) is 11.9 Å². The lowest BCUT2D eigenvalue weighted by molar-refractivity contribution is 0.874. The van der Waals surface area contributed by atoms with Gasteiger partial charge in [0.2, 0.25) is 0 Å². The highest BCUT2D eigenvalue weighted by molar-refractivity contribution is 5.78. The minimum Gasteiger partial charge on any atom is -0.368 e. The fourth-order valence-corrected chi connectivity index (χ4v) is 2.59. The van der Waals surface area contributed by atoms with Crippen LogP contribution in [0.4, 0.5) is 5.82 Å². The Morgan fingerprint density at radius 1 is 0.913 bits per heavy atom. The first-order valence-electron chi connectivity index (χ1n) is 7.97. The summed E-state index contributed by atoms with van der Waals surface area (Å²) < 4.78 is 0. The lowest BCUT2D eigenvalue weighted by atomic mass is 10.0. The van der Waals surface area contributed by atoms with E-state index in [0.29, 0.717) is 0 Å². The largest absolute Gasteiger partial charge is 0.368 e. The van der Waals surface area contributed by atoms with Crippen LogP contribution in [-0.4, -0.2) is 21.7 Å². The third-order valence-corrected chi connectivity index (χ3v) is 4.11. The average molecular weight is 302 g/mol. The van der Waals surface area contributed by atoms with Gasteiger partial charge in [0, 0.05) is 30.1 Å². The summed E-state index contributed by atoms with van der Waals surface area (Å²) in [6, 6.07) is 16.3. The molecule has 0 unspecified atom stereocenters. The van der Waals surface area contributed by atoms with E-state index in [1.54, 1.807) is 0 Å². The minimum atomic E-state index is 0.788. The van der Waals surface area contributed by atoms with Gasteiger partial charge in [-0.3, -0.25) is 4.98 Å². The van der Waals surface area contributed by atoms with E-state index < -0.39 is 0 Å². The molecule has 0 radical (unpaired) electrons. The van der Waals surface area contributed by atoms with E-state index in [9.17, 15) is 0 Å². The zero-order valence-corrected chi connectivity index (χ0v) is 12.8. The Labute approximate surface area is 135 Å². The van der Waals surface area contributed by atoms with Crippen LogP contribution in [-0.2, 0) is 0 Å². The Kier molecular flexibility index (Phi) is 3.72. The van der Waals surface area contributed by atoms with Crippen LogP contribution in [0.2, 0.25) is 0 Å². The molecule has 0 aliphatic heterocycles. The highest BCUT2D eigenvalue weighted by Crippen LogP contribution is 2.32. The molecule has 4 heteroatoms. The number of hydrogen-bond acceptors (Lipinski definition) is 4. The summed E-state index contributed by atoms with van der Waals surface area (Å²) in [5.41, 5.74) is 4.13. The molecule has 1 aliphatic carbocycles. The molecule has 0 atom stereocenters. The molecule has 1 saturated carbocycles. The van der Waals surface area contributed by atoms with Gasteiger partial charge in [0.15, 0.2) is 5.82 Å². The second kappa shape index (κ2) is 6.16. The zero-order valence-electron chi connectivity index (χ0n) is 12.8. The van der Waals surface area contributed by atoms with E-state index in [-0.39, 0.29) is 0 Å². The van der Waals surface area contributed by atoms with Gasteiger partial charge in [0.25, 0.3) is 0 Å². The summed E-state index contributed by atoms with van der Waals surface area (Å²) in [5.74, 6) is 1.64. The summed E-state index contributed by atoms with van der Waals surface area (Å²) in [4.78, 5) is 4.11. The molecule has 1 aromatic carbocycles. The van der Waals surface area contributed by atoms with Crippen molar-refractivity contribution >= 4 is 5.82 Å². The van der Waals surface area contributed by atoms with Crippen LogP contribution in [0.5, 0.6) is 0 Å². The maximum absolute atomic E-state index is 4.45. The molecule has 0 amide bonds. The fourth-order valence-electron chi connectivity index (χ4n) is 2.59. The third kappa shape index (κ3) is 3.21. The normalized spacial score (nSPS) is 13.7. The van der Waals surface area contributed by atoms with E-state index in [1.807, 2.05) is 42.7 Å². The number of hydrogen-bond donors (Lipinski definition) is 1. The number of aromatic nitrogens is 3. The molecule has 114 valence electrons. The number of anilines is 1. The Bertz CT molecular complexity index is 783. The highest BCUT2D eigenvalue weighted by Gasteiger charge is 2.21. The zero-order chi connectivity index (χ0) is 15.5. The molecule has 2 aromatic heterocycles. The first-order valence-corrected chi connectivity index (χ1v) is 7.97. The lowest BCUT2D eigenvalue weighted by Gasteiger charge is -2.12. The van der Waals surface area contributed by atoms with Crippen molar-refractivity contribution in [2.24, 2.45) is 5.92 Å². The molecule has 0 saturated heterocycles. The topological polar surface area (TPSA) is 50.7 Å². The third-order valence-electron chi connectivity index (χ3n) is 4.11. The van der Waals surface area contributed by atoms with Crippen molar-refractivity contribution in [3.05, 3.63) is 60.9 Å². The van der Waals surface area contributed by atoms with Crippen LogP contribution in [0, 0.1) is 5.92 Å². The summed E-state index contributed by atoms with van der Waals surface area (Å²) in [5, 5.41) is 12.3. The van der Waals surface area contributed by atoms with Gasteiger partial charge in [0.1, 0.15) is 0 Å². The van der Waals surface area contributed by atoms with Gasteiger partial charge in [0.05, 0.1) is 5.69 Å². The Hall–Kier alpha value is -2.75. The molecule has 0 spiro atoms. The molecule has 23 heavy (non-hydrogen) atoms. The predicted molar refractivity (Wildman–Crippen MR) is 91.9 cm³/mol. The van der Waals surface area contributed by atoms with E-state index in [4.69, 9.17) is 0 Å². The number of rotatable bonds is 5. The smallest absolute Gasteiger partial charge is 0.156 e. The Morgan fingerprint density at radius 2 is 1.70 bits per heavy atom. The highest BCUT2D eigenvalue weighted by atomic mass is 15.2. The van der Waals surface area contributed by atoms with Crippen LogP contribution >= 0.6 is 0 Å². The molecule has 0 bridgehead atoms. The SMILES string of the molecule is c1ccc(-c2cc(-c3ccncc3)c(NCC3CC3)nn2)cc1. The van der Waals surface area contributed by atoms with Crippen molar-refractivity contribution < 1.29 is 0 Å². The number of pyridine rings is 1. The van der Waals surface area contributed by atoms with Crippen molar-refractivity contribution in [3.63, 3.8) is 0 Å². The van der Waals surface area contributed by atoms with E-state index in [2.05, 4.69) is 38.7 Å². The van der Waals surface area contributed by atoms with Gasteiger partial charge in [-0.2, -0.15) is 0 Å². The van der Waals surface area contributed by atoms with Gasteiger partial charge in [-0.1, -0.05) is 30.3 Å². The van der Waals surface area contributed by atoms with Crippen LogP contribution in [0.25, 0.3) is 22.4 Å².